The number of ether oxygens (including phenoxy) is 3. The molecule has 0 radical (unpaired) electrons. The average molecular weight is 409 g/mol. The summed E-state index contributed by atoms with van der Waals surface area (Å²) >= 11 is 1.60. The molecule has 0 amide bonds. The molecule has 0 aliphatic heterocycles. The molecular weight excluding hydrogens is 384 g/mol. The lowest BCUT2D eigenvalue weighted by Crippen LogP contribution is -2.06. The van der Waals surface area contributed by atoms with E-state index in [1.54, 1.807) is 45.2 Å². The van der Waals surface area contributed by atoms with Gasteiger partial charge >= 0.3 is 0 Å². The molecule has 0 aliphatic rings. The Balaban J connectivity index is 1.88. The van der Waals surface area contributed by atoms with Crippen molar-refractivity contribution in [2.75, 3.05) is 21.3 Å². The van der Waals surface area contributed by atoms with Crippen molar-refractivity contribution >= 4 is 17.5 Å². The van der Waals surface area contributed by atoms with Gasteiger partial charge in [0.1, 0.15) is 17.2 Å². The molecule has 0 saturated heterocycles. The Kier molecular flexibility index (Phi) is 7.19. The van der Waals surface area contributed by atoms with E-state index in [0.29, 0.717) is 12.0 Å². The van der Waals surface area contributed by atoms with Crippen LogP contribution in [0.25, 0.3) is 0 Å². The van der Waals surface area contributed by atoms with Crippen LogP contribution < -0.4 is 14.2 Å². The minimum atomic E-state index is -0.0631. The van der Waals surface area contributed by atoms with Crippen molar-refractivity contribution < 1.29 is 19.0 Å². The van der Waals surface area contributed by atoms with E-state index < -0.39 is 0 Å². The van der Waals surface area contributed by atoms with Crippen molar-refractivity contribution in [2.45, 2.75) is 16.6 Å². The average Bonchev–Trinajstić information content (AvgIpc) is 2.79. The molecule has 0 fully saturated rings. The van der Waals surface area contributed by atoms with Crippen LogP contribution in [0.2, 0.25) is 0 Å². The fourth-order valence-corrected chi connectivity index (χ4v) is 4.27. The molecule has 5 heteroatoms. The smallest absolute Gasteiger partial charge is 0.164 e. The number of carbonyl (C=O) groups is 1. The largest absolute Gasteiger partial charge is 0.497 e. The maximum absolute atomic E-state index is 13.0. The molecule has 4 nitrogen and oxygen atoms in total. The summed E-state index contributed by atoms with van der Waals surface area (Å²) in [4.78, 5) is 13.9. The second-order valence-electron chi connectivity index (χ2n) is 6.39. The molecule has 0 bridgehead atoms. The zero-order valence-corrected chi connectivity index (χ0v) is 17.6. The molecule has 0 unspecified atom stereocenters. The maximum atomic E-state index is 13.0. The minimum absolute atomic E-state index is 0.0631. The van der Waals surface area contributed by atoms with Crippen LogP contribution in [0.15, 0.2) is 77.7 Å². The van der Waals surface area contributed by atoms with E-state index in [9.17, 15) is 4.79 Å². The summed E-state index contributed by atoms with van der Waals surface area (Å²) in [5.41, 5.74) is 1.76. The first-order chi connectivity index (χ1) is 14.1. The van der Waals surface area contributed by atoms with Crippen LogP contribution in [0.3, 0.4) is 0 Å². The van der Waals surface area contributed by atoms with Crippen LogP contribution in [0.4, 0.5) is 0 Å². The van der Waals surface area contributed by atoms with Crippen LogP contribution >= 0.6 is 11.8 Å². The molecule has 0 N–H and O–H groups in total. The molecule has 0 heterocycles. The lowest BCUT2D eigenvalue weighted by Gasteiger charge is -2.19. The molecule has 3 aromatic carbocycles. The highest BCUT2D eigenvalue weighted by Gasteiger charge is 2.21. The summed E-state index contributed by atoms with van der Waals surface area (Å²) in [6.45, 7) is 0. The van der Waals surface area contributed by atoms with Gasteiger partial charge in [0.05, 0.1) is 26.2 Å². The highest BCUT2D eigenvalue weighted by atomic mass is 32.2. The van der Waals surface area contributed by atoms with Gasteiger partial charge in [-0.3, -0.25) is 4.79 Å². The van der Waals surface area contributed by atoms with E-state index in [1.807, 2.05) is 60.7 Å². The molecule has 0 aliphatic carbocycles. The first-order valence-electron chi connectivity index (χ1n) is 9.25. The second-order valence-corrected chi connectivity index (χ2v) is 7.63. The molecule has 29 heavy (non-hydrogen) atoms. The van der Waals surface area contributed by atoms with Gasteiger partial charge in [0.2, 0.25) is 0 Å². The monoisotopic (exact) mass is 408 g/mol. The van der Waals surface area contributed by atoms with Gasteiger partial charge < -0.3 is 14.2 Å². The molecule has 3 aromatic rings. The predicted octanol–water partition coefficient (Wildman–Crippen LogP) is 5.82. The fraction of sp³-hybridized carbons (Fsp3) is 0.208. The Bertz CT molecular complexity index is 939. The number of benzene rings is 3. The molecule has 0 aromatic heterocycles. The van der Waals surface area contributed by atoms with Crippen molar-refractivity contribution in [3.63, 3.8) is 0 Å². The SMILES string of the molecule is COc1ccc(C(=O)C[C@@H](Sc2cc(OC)ccc2OC)c2ccccc2)cc1. The fourth-order valence-electron chi connectivity index (χ4n) is 2.99. The van der Waals surface area contributed by atoms with Gasteiger partial charge in [-0.25, -0.2) is 0 Å². The lowest BCUT2D eigenvalue weighted by molar-refractivity contribution is 0.0982. The first-order valence-corrected chi connectivity index (χ1v) is 10.1. The molecule has 3 rings (SSSR count). The third-order valence-electron chi connectivity index (χ3n) is 4.59. The van der Waals surface area contributed by atoms with E-state index in [0.717, 1.165) is 27.7 Å². The van der Waals surface area contributed by atoms with E-state index in [4.69, 9.17) is 14.2 Å². The minimum Gasteiger partial charge on any atom is -0.497 e. The van der Waals surface area contributed by atoms with Gasteiger partial charge in [-0.2, -0.15) is 0 Å². The van der Waals surface area contributed by atoms with Crippen molar-refractivity contribution in [3.05, 3.63) is 83.9 Å². The number of hydrogen-bond donors (Lipinski definition) is 0. The van der Waals surface area contributed by atoms with Crippen molar-refractivity contribution in [3.8, 4) is 17.2 Å². The Morgan fingerprint density at radius 2 is 1.48 bits per heavy atom. The summed E-state index contributed by atoms with van der Waals surface area (Å²) in [5, 5.41) is -0.0631. The molecule has 0 spiro atoms. The quantitative estimate of drug-likeness (QED) is 0.330. The van der Waals surface area contributed by atoms with Crippen molar-refractivity contribution in [2.24, 2.45) is 0 Å². The first kappa shape index (κ1) is 20.8. The van der Waals surface area contributed by atoms with E-state index in [-0.39, 0.29) is 11.0 Å². The number of ketones is 1. The van der Waals surface area contributed by atoms with Crippen molar-refractivity contribution in [1.82, 2.24) is 0 Å². The van der Waals surface area contributed by atoms with Gasteiger partial charge in [0.25, 0.3) is 0 Å². The lowest BCUT2D eigenvalue weighted by atomic mass is 10.0. The third kappa shape index (κ3) is 5.33. The highest BCUT2D eigenvalue weighted by molar-refractivity contribution is 7.99. The van der Waals surface area contributed by atoms with Gasteiger partial charge in [-0.05, 0) is 48.0 Å². The summed E-state index contributed by atoms with van der Waals surface area (Å²) in [6, 6.07) is 23.0. The van der Waals surface area contributed by atoms with E-state index in [2.05, 4.69) is 0 Å². The zero-order chi connectivity index (χ0) is 20.6. The van der Waals surface area contributed by atoms with E-state index in [1.165, 1.54) is 0 Å². The summed E-state index contributed by atoms with van der Waals surface area (Å²) in [6.07, 6.45) is 0.362. The molecule has 150 valence electrons. The van der Waals surface area contributed by atoms with Crippen LogP contribution in [-0.4, -0.2) is 27.1 Å². The van der Waals surface area contributed by atoms with Crippen LogP contribution in [-0.2, 0) is 0 Å². The standard InChI is InChI=1S/C24H24O4S/c1-26-19-11-9-17(10-12-19)21(25)16-23(18-7-5-4-6-8-18)29-24-15-20(27-2)13-14-22(24)28-3/h4-15,23H,16H2,1-3H3/t23-/m1/s1. The van der Waals surface area contributed by atoms with Gasteiger partial charge in [0, 0.05) is 17.2 Å². The molecule has 1 atom stereocenters. The number of Topliss-reactive ketones (excluding diaryl/α,β-unsaturated/α-hetero) is 1. The van der Waals surface area contributed by atoms with Crippen LogP contribution in [0.1, 0.15) is 27.6 Å². The normalized spacial score (nSPS) is 11.6. The summed E-state index contributed by atoms with van der Waals surface area (Å²) < 4.78 is 16.1. The summed E-state index contributed by atoms with van der Waals surface area (Å²) in [5.74, 6) is 2.32. The Morgan fingerprint density at radius 3 is 2.10 bits per heavy atom. The topological polar surface area (TPSA) is 44.8 Å². The maximum Gasteiger partial charge on any atom is 0.164 e. The number of methoxy groups -OCH3 is 3. The van der Waals surface area contributed by atoms with E-state index >= 15 is 0 Å². The Labute approximate surface area is 175 Å². The second kappa shape index (κ2) is 10.0. The highest BCUT2D eigenvalue weighted by Crippen LogP contribution is 2.43. The zero-order valence-electron chi connectivity index (χ0n) is 16.8. The molecule has 0 saturated carbocycles. The number of hydrogen-bond acceptors (Lipinski definition) is 5. The number of thioether (sulfide) groups is 1. The van der Waals surface area contributed by atoms with Crippen molar-refractivity contribution in [1.29, 1.82) is 0 Å². The predicted molar refractivity (Wildman–Crippen MR) is 117 cm³/mol. The van der Waals surface area contributed by atoms with Crippen LogP contribution in [0, 0.1) is 0 Å². The Morgan fingerprint density at radius 1 is 0.828 bits per heavy atom. The van der Waals surface area contributed by atoms with Crippen LogP contribution in [0.5, 0.6) is 17.2 Å². The third-order valence-corrected chi connectivity index (χ3v) is 5.89. The molecular formula is C24H24O4S. The summed E-state index contributed by atoms with van der Waals surface area (Å²) in [7, 11) is 4.89. The number of carbonyl (C=O) groups excluding carboxylic acids is 1. The Hall–Kier alpha value is -2.92. The number of rotatable bonds is 9. The van der Waals surface area contributed by atoms with Gasteiger partial charge in [-0.15, -0.1) is 11.8 Å². The van der Waals surface area contributed by atoms with Gasteiger partial charge in [0.15, 0.2) is 5.78 Å². The van der Waals surface area contributed by atoms with Gasteiger partial charge in [-0.1, -0.05) is 30.3 Å².